The number of carbonyl (C=O) groups excluding carboxylic acids is 1. The lowest BCUT2D eigenvalue weighted by atomic mass is 10.2. The lowest BCUT2D eigenvalue weighted by Gasteiger charge is -1.99. The van der Waals surface area contributed by atoms with Gasteiger partial charge in [-0.15, -0.1) is 0 Å². The zero-order chi connectivity index (χ0) is 9.80. The molecular weight excluding hydrogens is 196 g/mol. The van der Waals surface area contributed by atoms with Crippen LogP contribution in [0.1, 0.15) is 16.8 Å². The molecule has 0 saturated carbocycles. The molecule has 0 aliphatic carbocycles. The SMILES string of the molecule is O=C(CCn1cccn1)c1ccsc1. The van der Waals surface area contributed by atoms with Crippen LogP contribution >= 0.6 is 11.3 Å². The molecule has 2 rings (SSSR count). The summed E-state index contributed by atoms with van der Waals surface area (Å²) in [5, 5.41) is 7.83. The Morgan fingerprint density at radius 3 is 3.14 bits per heavy atom. The molecule has 4 heteroatoms. The van der Waals surface area contributed by atoms with Gasteiger partial charge in [-0.05, 0) is 17.5 Å². The number of rotatable bonds is 4. The molecular formula is C10H10N2OS. The van der Waals surface area contributed by atoms with Gasteiger partial charge in [-0.2, -0.15) is 16.4 Å². The maximum atomic E-state index is 11.6. The van der Waals surface area contributed by atoms with E-state index in [1.54, 1.807) is 22.2 Å². The smallest absolute Gasteiger partial charge is 0.165 e. The summed E-state index contributed by atoms with van der Waals surface area (Å²) in [7, 11) is 0. The largest absolute Gasteiger partial charge is 0.294 e. The van der Waals surface area contributed by atoms with Crippen LogP contribution in [0.5, 0.6) is 0 Å². The van der Waals surface area contributed by atoms with Crippen molar-refractivity contribution in [1.82, 2.24) is 9.78 Å². The average Bonchev–Trinajstić information content (AvgIpc) is 2.87. The van der Waals surface area contributed by atoms with E-state index in [1.165, 1.54) is 0 Å². The van der Waals surface area contributed by atoms with Crippen LogP contribution in [0, 0.1) is 0 Å². The van der Waals surface area contributed by atoms with Gasteiger partial charge in [-0.1, -0.05) is 0 Å². The van der Waals surface area contributed by atoms with Crippen LogP contribution in [-0.2, 0) is 6.54 Å². The lowest BCUT2D eigenvalue weighted by molar-refractivity contribution is 0.0976. The Balaban J connectivity index is 1.90. The molecule has 0 N–H and O–H groups in total. The third-order valence-electron chi connectivity index (χ3n) is 1.97. The highest BCUT2D eigenvalue weighted by Crippen LogP contribution is 2.09. The van der Waals surface area contributed by atoms with E-state index in [1.807, 2.05) is 29.1 Å². The van der Waals surface area contributed by atoms with Gasteiger partial charge in [0.2, 0.25) is 0 Å². The summed E-state index contributed by atoms with van der Waals surface area (Å²) in [6, 6.07) is 3.71. The van der Waals surface area contributed by atoms with E-state index in [0.717, 1.165) is 5.56 Å². The van der Waals surface area contributed by atoms with Gasteiger partial charge in [0, 0.05) is 36.3 Å². The number of nitrogens with zero attached hydrogens (tertiary/aromatic N) is 2. The van der Waals surface area contributed by atoms with Gasteiger partial charge in [-0.25, -0.2) is 0 Å². The van der Waals surface area contributed by atoms with E-state index in [0.29, 0.717) is 13.0 Å². The van der Waals surface area contributed by atoms with Gasteiger partial charge in [0.25, 0.3) is 0 Å². The summed E-state index contributed by atoms with van der Waals surface area (Å²) in [4.78, 5) is 11.6. The quantitative estimate of drug-likeness (QED) is 0.719. The molecule has 0 bridgehead atoms. The van der Waals surface area contributed by atoms with Crippen molar-refractivity contribution in [2.45, 2.75) is 13.0 Å². The highest BCUT2D eigenvalue weighted by molar-refractivity contribution is 7.08. The minimum Gasteiger partial charge on any atom is -0.294 e. The van der Waals surface area contributed by atoms with Crippen LogP contribution < -0.4 is 0 Å². The topological polar surface area (TPSA) is 34.9 Å². The highest BCUT2D eigenvalue weighted by Gasteiger charge is 2.05. The van der Waals surface area contributed by atoms with Crippen molar-refractivity contribution in [3.05, 3.63) is 40.8 Å². The fourth-order valence-electron chi connectivity index (χ4n) is 1.22. The van der Waals surface area contributed by atoms with Crippen molar-refractivity contribution >= 4 is 17.1 Å². The molecule has 0 aliphatic rings. The lowest BCUT2D eigenvalue weighted by Crippen LogP contribution is -2.05. The van der Waals surface area contributed by atoms with Crippen molar-refractivity contribution in [3.8, 4) is 0 Å². The molecule has 0 radical (unpaired) electrons. The van der Waals surface area contributed by atoms with Crippen LogP contribution in [0.15, 0.2) is 35.3 Å². The van der Waals surface area contributed by atoms with Crippen molar-refractivity contribution in [3.63, 3.8) is 0 Å². The molecule has 0 aromatic carbocycles. The Labute approximate surface area is 86.0 Å². The fraction of sp³-hybridized carbons (Fsp3) is 0.200. The molecule has 0 aliphatic heterocycles. The molecule has 0 amide bonds. The van der Waals surface area contributed by atoms with Crippen LogP contribution in [0.25, 0.3) is 0 Å². The normalized spacial score (nSPS) is 10.3. The van der Waals surface area contributed by atoms with Gasteiger partial charge < -0.3 is 0 Å². The minimum absolute atomic E-state index is 0.182. The number of hydrogen-bond donors (Lipinski definition) is 0. The Morgan fingerprint density at radius 2 is 2.50 bits per heavy atom. The molecule has 0 fully saturated rings. The molecule has 72 valence electrons. The average molecular weight is 206 g/mol. The molecule has 2 aromatic heterocycles. The van der Waals surface area contributed by atoms with E-state index in [-0.39, 0.29) is 5.78 Å². The molecule has 0 spiro atoms. The first-order valence-electron chi connectivity index (χ1n) is 4.39. The van der Waals surface area contributed by atoms with E-state index in [9.17, 15) is 4.79 Å². The Bertz CT molecular complexity index is 392. The second-order valence-corrected chi connectivity index (χ2v) is 3.73. The van der Waals surface area contributed by atoms with Crippen LogP contribution in [-0.4, -0.2) is 15.6 Å². The second-order valence-electron chi connectivity index (χ2n) is 2.95. The molecule has 14 heavy (non-hydrogen) atoms. The van der Waals surface area contributed by atoms with E-state index < -0.39 is 0 Å². The van der Waals surface area contributed by atoms with Gasteiger partial charge in [-0.3, -0.25) is 9.48 Å². The zero-order valence-corrected chi connectivity index (χ0v) is 8.41. The van der Waals surface area contributed by atoms with E-state index >= 15 is 0 Å². The second kappa shape index (κ2) is 4.19. The number of aromatic nitrogens is 2. The number of thiophene rings is 1. The van der Waals surface area contributed by atoms with E-state index in [2.05, 4.69) is 5.10 Å². The number of aryl methyl sites for hydroxylation is 1. The van der Waals surface area contributed by atoms with Crippen LogP contribution in [0.3, 0.4) is 0 Å². The monoisotopic (exact) mass is 206 g/mol. The first kappa shape index (κ1) is 9.15. The number of ketones is 1. The first-order valence-corrected chi connectivity index (χ1v) is 5.33. The summed E-state index contributed by atoms with van der Waals surface area (Å²) in [6.45, 7) is 0.654. The molecule has 3 nitrogen and oxygen atoms in total. The number of carbonyl (C=O) groups is 1. The van der Waals surface area contributed by atoms with Crippen LogP contribution in [0.4, 0.5) is 0 Å². The van der Waals surface area contributed by atoms with Gasteiger partial charge in [0.15, 0.2) is 5.78 Å². The summed E-state index contributed by atoms with van der Waals surface area (Å²) in [5.74, 6) is 0.182. The maximum Gasteiger partial charge on any atom is 0.165 e. The summed E-state index contributed by atoms with van der Waals surface area (Å²) in [5.41, 5.74) is 0.808. The fourth-order valence-corrected chi connectivity index (χ4v) is 1.88. The summed E-state index contributed by atoms with van der Waals surface area (Å²) in [6.07, 6.45) is 4.09. The predicted molar refractivity (Wildman–Crippen MR) is 55.5 cm³/mol. The third kappa shape index (κ3) is 2.09. The van der Waals surface area contributed by atoms with Crippen LogP contribution in [0.2, 0.25) is 0 Å². The zero-order valence-electron chi connectivity index (χ0n) is 7.59. The van der Waals surface area contributed by atoms with Gasteiger partial charge in [0.05, 0.1) is 0 Å². The molecule has 2 aromatic rings. The summed E-state index contributed by atoms with van der Waals surface area (Å²) < 4.78 is 1.77. The standard InChI is InChI=1S/C10H10N2OS/c13-10(9-3-7-14-8-9)2-6-12-5-1-4-11-12/h1,3-5,7-8H,2,6H2. The molecule has 0 saturated heterocycles. The van der Waals surface area contributed by atoms with Crippen molar-refractivity contribution < 1.29 is 4.79 Å². The third-order valence-corrected chi connectivity index (χ3v) is 2.65. The van der Waals surface area contributed by atoms with Crippen molar-refractivity contribution in [1.29, 1.82) is 0 Å². The molecule has 2 heterocycles. The van der Waals surface area contributed by atoms with Crippen molar-refractivity contribution in [2.24, 2.45) is 0 Å². The maximum absolute atomic E-state index is 11.6. The number of Topliss-reactive ketones (excluding diaryl/α,β-unsaturated/α-hetero) is 1. The molecule has 0 atom stereocenters. The first-order chi connectivity index (χ1) is 6.86. The minimum atomic E-state index is 0.182. The highest BCUT2D eigenvalue weighted by atomic mass is 32.1. The number of hydrogen-bond acceptors (Lipinski definition) is 3. The van der Waals surface area contributed by atoms with Gasteiger partial charge >= 0.3 is 0 Å². The molecule has 0 unspecified atom stereocenters. The Hall–Kier alpha value is -1.42. The Morgan fingerprint density at radius 1 is 1.57 bits per heavy atom. The van der Waals surface area contributed by atoms with Gasteiger partial charge in [0.1, 0.15) is 0 Å². The predicted octanol–water partition coefficient (Wildman–Crippen LogP) is 2.22. The van der Waals surface area contributed by atoms with E-state index in [4.69, 9.17) is 0 Å². The Kier molecular flexibility index (Phi) is 2.74. The summed E-state index contributed by atoms with van der Waals surface area (Å²) >= 11 is 1.55. The van der Waals surface area contributed by atoms with Crippen molar-refractivity contribution in [2.75, 3.05) is 0 Å².